The summed E-state index contributed by atoms with van der Waals surface area (Å²) >= 11 is 0. The molecule has 0 atom stereocenters. The van der Waals surface area contributed by atoms with Gasteiger partial charge in [0.25, 0.3) is 0 Å². The number of benzene rings is 1. The Kier molecular flexibility index (Phi) is 7.73. The zero-order chi connectivity index (χ0) is 16.3. The molecule has 2 N–H and O–H groups in total. The molecule has 2 rings (SSSR count). The summed E-state index contributed by atoms with van der Waals surface area (Å²) in [5.41, 5.74) is 1.19. The molecular formula is C18H28N2O3. The van der Waals surface area contributed by atoms with E-state index in [0.717, 1.165) is 57.1 Å². The summed E-state index contributed by atoms with van der Waals surface area (Å²) in [4.78, 5) is 11.7. The smallest absolute Gasteiger partial charge is 0.314 e. The molecule has 1 aliphatic rings. The van der Waals surface area contributed by atoms with Crippen molar-refractivity contribution < 1.29 is 14.3 Å². The molecule has 0 bridgehead atoms. The Morgan fingerprint density at radius 3 is 2.57 bits per heavy atom. The van der Waals surface area contributed by atoms with Crippen LogP contribution in [0.4, 0.5) is 4.79 Å². The van der Waals surface area contributed by atoms with Crippen LogP contribution in [0.2, 0.25) is 0 Å². The highest BCUT2D eigenvalue weighted by atomic mass is 16.5. The number of urea groups is 1. The fourth-order valence-corrected chi connectivity index (χ4v) is 2.80. The third-order valence-corrected chi connectivity index (χ3v) is 4.27. The van der Waals surface area contributed by atoms with Crippen molar-refractivity contribution in [2.24, 2.45) is 5.92 Å². The van der Waals surface area contributed by atoms with Crippen molar-refractivity contribution in [1.29, 1.82) is 0 Å². The molecule has 0 unspecified atom stereocenters. The maximum atomic E-state index is 11.7. The maximum Gasteiger partial charge on any atom is 0.314 e. The Morgan fingerprint density at radius 1 is 1.17 bits per heavy atom. The standard InChI is InChI=1S/C18H28N2O3/c1-22-17-6-4-16(5-7-17)8-12-20-18(21)19-11-2-3-15-9-13-23-14-10-15/h4-7,15H,2-3,8-14H2,1H3,(H2,19,20,21). The summed E-state index contributed by atoms with van der Waals surface area (Å²) in [5.74, 6) is 1.62. The lowest BCUT2D eigenvalue weighted by Crippen LogP contribution is -2.37. The maximum absolute atomic E-state index is 11.7. The highest BCUT2D eigenvalue weighted by Gasteiger charge is 2.13. The van der Waals surface area contributed by atoms with Gasteiger partial charge in [0.1, 0.15) is 5.75 Å². The molecule has 0 aromatic heterocycles. The highest BCUT2D eigenvalue weighted by molar-refractivity contribution is 5.73. The number of amides is 2. The highest BCUT2D eigenvalue weighted by Crippen LogP contribution is 2.19. The predicted octanol–water partition coefficient (Wildman–Crippen LogP) is 2.74. The molecule has 0 spiro atoms. The molecule has 1 saturated heterocycles. The van der Waals surface area contributed by atoms with Gasteiger partial charge in [0, 0.05) is 26.3 Å². The first-order chi connectivity index (χ1) is 11.3. The Labute approximate surface area is 138 Å². The molecule has 2 amide bonds. The summed E-state index contributed by atoms with van der Waals surface area (Å²) < 4.78 is 10.5. The Hall–Kier alpha value is -1.75. The number of hydrogen-bond donors (Lipinski definition) is 2. The monoisotopic (exact) mass is 320 g/mol. The predicted molar refractivity (Wildman–Crippen MR) is 90.9 cm³/mol. The average Bonchev–Trinajstić information content (AvgIpc) is 2.60. The quantitative estimate of drug-likeness (QED) is 0.724. The van der Waals surface area contributed by atoms with E-state index in [9.17, 15) is 4.79 Å². The summed E-state index contributed by atoms with van der Waals surface area (Å²) in [6, 6.07) is 7.83. The molecule has 1 aliphatic heterocycles. The van der Waals surface area contributed by atoms with Crippen LogP contribution in [0.25, 0.3) is 0 Å². The minimum atomic E-state index is -0.0783. The molecule has 5 nitrogen and oxygen atoms in total. The molecule has 128 valence electrons. The number of carbonyl (C=O) groups excluding carboxylic acids is 1. The van der Waals surface area contributed by atoms with E-state index in [1.54, 1.807) is 7.11 Å². The van der Waals surface area contributed by atoms with Crippen LogP contribution in [0.5, 0.6) is 5.75 Å². The van der Waals surface area contributed by atoms with Gasteiger partial charge in [-0.2, -0.15) is 0 Å². The van der Waals surface area contributed by atoms with Crippen LogP contribution in [0.3, 0.4) is 0 Å². The Bertz CT molecular complexity index is 456. The van der Waals surface area contributed by atoms with E-state index in [0.29, 0.717) is 6.54 Å². The molecule has 23 heavy (non-hydrogen) atoms. The average molecular weight is 320 g/mol. The lowest BCUT2D eigenvalue weighted by Gasteiger charge is -2.21. The summed E-state index contributed by atoms with van der Waals surface area (Å²) in [7, 11) is 1.66. The largest absolute Gasteiger partial charge is 0.497 e. The van der Waals surface area contributed by atoms with Crippen molar-refractivity contribution in [2.75, 3.05) is 33.4 Å². The van der Waals surface area contributed by atoms with Crippen molar-refractivity contribution in [1.82, 2.24) is 10.6 Å². The summed E-state index contributed by atoms with van der Waals surface area (Å²) in [6.07, 6.45) is 5.35. The third kappa shape index (κ3) is 6.91. The Morgan fingerprint density at radius 2 is 1.87 bits per heavy atom. The Balaban J connectivity index is 1.50. The normalized spacial score (nSPS) is 15.2. The second-order valence-electron chi connectivity index (χ2n) is 5.98. The van der Waals surface area contributed by atoms with Gasteiger partial charge in [-0.1, -0.05) is 12.1 Å². The van der Waals surface area contributed by atoms with Gasteiger partial charge in [-0.3, -0.25) is 0 Å². The van der Waals surface area contributed by atoms with E-state index in [2.05, 4.69) is 10.6 Å². The summed E-state index contributed by atoms with van der Waals surface area (Å²) in [5, 5.41) is 5.82. The van der Waals surface area contributed by atoms with E-state index in [4.69, 9.17) is 9.47 Å². The van der Waals surface area contributed by atoms with Crippen LogP contribution in [0, 0.1) is 5.92 Å². The van der Waals surface area contributed by atoms with Crippen molar-refractivity contribution >= 4 is 6.03 Å². The van der Waals surface area contributed by atoms with Crippen LogP contribution < -0.4 is 15.4 Å². The van der Waals surface area contributed by atoms with Crippen LogP contribution in [-0.4, -0.2) is 39.4 Å². The van der Waals surface area contributed by atoms with E-state index in [1.807, 2.05) is 24.3 Å². The van der Waals surface area contributed by atoms with Crippen LogP contribution in [0.1, 0.15) is 31.2 Å². The van der Waals surface area contributed by atoms with Gasteiger partial charge in [0.05, 0.1) is 7.11 Å². The van der Waals surface area contributed by atoms with Gasteiger partial charge in [0.15, 0.2) is 0 Å². The minimum absolute atomic E-state index is 0.0783. The van der Waals surface area contributed by atoms with Gasteiger partial charge in [-0.25, -0.2) is 4.79 Å². The number of carbonyl (C=O) groups is 1. The topological polar surface area (TPSA) is 59.6 Å². The number of hydrogen-bond acceptors (Lipinski definition) is 3. The third-order valence-electron chi connectivity index (χ3n) is 4.27. The lowest BCUT2D eigenvalue weighted by molar-refractivity contribution is 0.0634. The SMILES string of the molecule is COc1ccc(CCNC(=O)NCCCC2CCOCC2)cc1. The number of methoxy groups -OCH3 is 1. The van der Waals surface area contributed by atoms with Gasteiger partial charge in [-0.15, -0.1) is 0 Å². The molecule has 1 aromatic rings. The molecule has 0 aliphatic carbocycles. The van der Waals surface area contributed by atoms with Gasteiger partial charge in [0.2, 0.25) is 0 Å². The van der Waals surface area contributed by atoms with Crippen molar-refractivity contribution in [2.45, 2.75) is 32.1 Å². The summed E-state index contributed by atoms with van der Waals surface area (Å²) in [6.45, 7) is 3.16. The van der Waals surface area contributed by atoms with Crippen LogP contribution in [0.15, 0.2) is 24.3 Å². The fraction of sp³-hybridized carbons (Fsp3) is 0.611. The number of nitrogens with one attached hydrogen (secondary N) is 2. The second kappa shape index (κ2) is 10.1. The molecule has 1 fully saturated rings. The van der Waals surface area contributed by atoms with Gasteiger partial charge >= 0.3 is 6.03 Å². The first kappa shape index (κ1) is 17.6. The molecule has 1 aromatic carbocycles. The van der Waals surface area contributed by atoms with E-state index in [-0.39, 0.29) is 6.03 Å². The van der Waals surface area contributed by atoms with Crippen LogP contribution in [-0.2, 0) is 11.2 Å². The zero-order valence-corrected chi connectivity index (χ0v) is 14.0. The fourth-order valence-electron chi connectivity index (χ4n) is 2.80. The van der Waals surface area contributed by atoms with Crippen molar-refractivity contribution in [3.05, 3.63) is 29.8 Å². The first-order valence-electron chi connectivity index (χ1n) is 8.50. The second-order valence-corrected chi connectivity index (χ2v) is 5.98. The molecular weight excluding hydrogens is 292 g/mol. The lowest BCUT2D eigenvalue weighted by atomic mass is 9.95. The van der Waals surface area contributed by atoms with E-state index >= 15 is 0 Å². The van der Waals surface area contributed by atoms with E-state index in [1.165, 1.54) is 12.0 Å². The van der Waals surface area contributed by atoms with Crippen molar-refractivity contribution in [3.8, 4) is 5.75 Å². The molecule has 0 radical (unpaired) electrons. The minimum Gasteiger partial charge on any atom is -0.497 e. The zero-order valence-electron chi connectivity index (χ0n) is 14.0. The van der Waals surface area contributed by atoms with Gasteiger partial charge < -0.3 is 20.1 Å². The molecule has 5 heteroatoms. The van der Waals surface area contributed by atoms with Crippen molar-refractivity contribution in [3.63, 3.8) is 0 Å². The molecule has 1 heterocycles. The molecule has 0 saturated carbocycles. The van der Waals surface area contributed by atoms with E-state index < -0.39 is 0 Å². The van der Waals surface area contributed by atoms with Gasteiger partial charge in [-0.05, 0) is 55.7 Å². The van der Waals surface area contributed by atoms with Crippen LogP contribution >= 0.6 is 0 Å². The number of rotatable bonds is 8. The number of ether oxygens (including phenoxy) is 2. The first-order valence-corrected chi connectivity index (χ1v) is 8.50.